The van der Waals surface area contributed by atoms with E-state index in [1.807, 2.05) is 6.92 Å². The smallest absolute Gasteiger partial charge is 0.268 e. The number of nitrogens with zero attached hydrogens (tertiary/aromatic N) is 1. The fourth-order valence-corrected chi connectivity index (χ4v) is 1.53. The molecule has 1 amide bonds. The highest BCUT2D eigenvalue weighted by atomic mass is 32.1. The van der Waals surface area contributed by atoms with Gasteiger partial charge in [0.15, 0.2) is 0 Å². The zero-order chi connectivity index (χ0) is 9.14. The molecule has 1 aromatic rings. The highest BCUT2D eigenvalue weighted by Crippen LogP contribution is 2.19. The van der Waals surface area contributed by atoms with Gasteiger partial charge in [-0.1, -0.05) is 0 Å². The summed E-state index contributed by atoms with van der Waals surface area (Å²) in [5, 5.41) is 2.40. The van der Waals surface area contributed by atoms with Crippen LogP contribution in [0.5, 0.6) is 0 Å². The van der Waals surface area contributed by atoms with Gasteiger partial charge in [0.1, 0.15) is 16.8 Å². The van der Waals surface area contributed by atoms with Gasteiger partial charge in [0, 0.05) is 12.5 Å². The number of carbonyl (C=O) groups is 1. The van der Waals surface area contributed by atoms with Crippen LogP contribution in [0.3, 0.4) is 0 Å². The molecule has 0 bridgehead atoms. The van der Waals surface area contributed by atoms with E-state index in [1.165, 1.54) is 11.3 Å². The first kappa shape index (κ1) is 9.15. The molecule has 1 atom stereocenters. The van der Waals surface area contributed by atoms with Crippen molar-refractivity contribution in [2.24, 2.45) is 5.73 Å². The minimum atomic E-state index is -0.499. The largest absolute Gasteiger partial charge is 0.375 e. The summed E-state index contributed by atoms with van der Waals surface area (Å²) in [5.41, 5.74) is 5.34. The lowest BCUT2D eigenvalue weighted by molar-refractivity contribution is 0.0993. The lowest BCUT2D eigenvalue weighted by atomic mass is 10.4. The third-order valence-electron chi connectivity index (χ3n) is 1.48. The Morgan fingerprint density at radius 3 is 2.92 bits per heavy atom. The number of thiazole rings is 1. The van der Waals surface area contributed by atoms with Crippen molar-refractivity contribution < 1.29 is 9.53 Å². The summed E-state index contributed by atoms with van der Waals surface area (Å²) < 4.78 is 5.03. The van der Waals surface area contributed by atoms with Gasteiger partial charge in [-0.15, -0.1) is 11.3 Å². The van der Waals surface area contributed by atoms with E-state index in [0.29, 0.717) is 5.69 Å². The zero-order valence-electron chi connectivity index (χ0n) is 6.90. The predicted molar refractivity (Wildman–Crippen MR) is 46.1 cm³/mol. The number of hydrogen-bond donors (Lipinski definition) is 1. The summed E-state index contributed by atoms with van der Waals surface area (Å²) in [4.78, 5) is 14.7. The second-order valence-electron chi connectivity index (χ2n) is 2.31. The Morgan fingerprint density at radius 1 is 1.83 bits per heavy atom. The fraction of sp³-hybridized carbons (Fsp3) is 0.429. The second kappa shape index (κ2) is 3.64. The van der Waals surface area contributed by atoms with Crippen LogP contribution < -0.4 is 5.73 Å². The first-order valence-electron chi connectivity index (χ1n) is 3.43. The van der Waals surface area contributed by atoms with Crippen molar-refractivity contribution in [3.63, 3.8) is 0 Å². The van der Waals surface area contributed by atoms with E-state index in [4.69, 9.17) is 10.5 Å². The standard InChI is InChI=1S/C7H10N2O2S/c1-4(11-2)7-9-5(3-12-7)6(8)10/h3-4H,1-2H3,(H2,8,10). The Labute approximate surface area is 74.4 Å². The highest BCUT2D eigenvalue weighted by molar-refractivity contribution is 7.09. The minimum absolute atomic E-state index is 0.0805. The van der Waals surface area contributed by atoms with Crippen molar-refractivity contribution in [3.8, 4) is 0 Å². The first-order chi connectivity index (χ1) is 5.65. The van der Waals surface area contributed by atoms with Crippen molar-refractivity contribution in [2.75, 3.05) is 7.11 Å². The van der Waals surface area contributed by atoms with Gasteiger partial charge in [-0.3, -0.25) is 4.79 Å². The quantitative estimate of drug-likeness (QED) is 0.764. The Bertz CT molecular complexity index is 285. The molecule has 0 aliphatic rings. The van der Waals surface area contributed by atoms with E-state index < -0.39 is 5.91 Å². The molecule has 5 heteroatoms. The number of rotatable bonds is 3. The molecule has 0 radical (unpaired) electrons. The van der Waals surface area contributed by atoms with E-state index in [9.17, 15) is 4.79 Å². The van der Waals surface area contributed by atoms with Crippen molar-refractivity contribution in [1.82, 2.24) is 4.98 Å². The van der Waals surface area contributed by atoms with Gasteiger partial charge < -0.3 is 10.5 Å². The summed E-state index contributed by atoms with van der Waals surface area (Å²) in [7, 11) is 1.59. The maximum Gasteiger partial charge on any atom is 0.268 e. The molecule has 4 nitrogen and oxygen atoms in total. The molecular formula is C7H10N2O2S. The van der Waals surface area contributed by atoms with Gasteiger partial charge >= 0.3 is 0 Å². The number of ether oxygens (including phenoxy) is 1. The molecule has 2 N–H and O–H groups in total. The third-order valence-corrected chi connectivity index (χ3v) is 2.48. The molecule has 1 aromatic heterocycles. The number of hydrogen-bond acceptors (Lipinski definition) is 4. The number of amides is 1. The molecule has 0 aliphatic heterocycles. The normalized spacial score (nSPS) is 12.8. The maximum absolute atomic E-state index is 10.7. The predicted octanol–water partition coefficient (Wildman–Crippen LogP) is 0.949. The molecule has 1 heterocycles. The van der Waals surface area contributed by atoms with Gasteiger partial charge in [-0.05, 0) is 6.92 Å². The van der Waals surface area contributed by atoms with Crippen molar-refractivity contribution >= 4 is 17.2 Å². The van der Waals surface area contributed by atoms with Crippen LogP contribution in [-0.4, -0.2) is 18.0 Å². The van der Waals surface area contributed by atoms with Crippen molar-refractivity contribution in [1.29, 1.82) is 0 Å². The fourth-order valence-electron chi connectivity index (χ4n) is 0.688. The van der Waals surface area contributed by atoms with E-state index >= 15 is 0 Å². The Morgan fingerprint density at radius 2 is 2.50 bits per heavy atom. The van der Waals surface area contributed by atoms with Crippen LogP contribution in [0.1, 0.15) is 28.5 Å². The van der Waals surface area contributed by atoms with Crippen LogP contribution in [0.4, 0.5) is 0 Å². The minimum Gasteiger partial charge on any atom is -0.375 e. The van der Waals surface area contributed by atoms with Gasteiger partial charge in [0.25, 0.3) is 5.91 Å². The number of methoxy groups -OCH3 is 1. The topological polar surface area (TPSA) is 65.2 Å². The third kappa shape index (κ3) is 1.80. The molecule has 1 unspecified atom stereocenters. The van der Waals surface area contributed by atoms with Gasteiger partial charge in [0.05, 0.1) is 0 Å². The summed E-state index contributed by atoms with van der Waals surface area (Å²) in [6, 6.07) is 0. The SMILES string of the molecule is COC(C)c1nc(C(N)=O)cs1. The van der Waals surface area contributed by atoms with Gasteiger partial charge in [0.2, 0.25) is 0 Å². The summed E-state index contributed by atoms with van der Waals surface area (Å²) in [6.07, 6.45) is -0.0805. The van der Waals surface area contributed by atoms with E-state index in [2.05, 4.69) is 4.98 Å². The maximum atomic E-state index is 10.7. The van der Waals surface area contributed by atoms with E-state index in [1.54, 1.807) is 12.5 Å². The van der Waals surface area contributed by atoms with Crippen LogP contribution in [-0.2, 0) is 4.74 Å². The molecule has 1 rings (SSSR count). The van der Waals surface area contributed by atoms with E-state index in [0.717, 1.165) is 5.01 Å². The average molecular weight is 186 g/mol. The van der Waals surface area contributed by atoms with Crippen molar-refractivity contribution in [2.45, 2.75) is 13.0 Å². The van der Waals surface area contributed by atoms with E-state index in [-0.39, 0.29) is 6.10 Å². The van der Waals surface area contributed by atoms with Gasteiger partial charge in [-0.2, -0.15) is 0 Å². The number of aromatic nitrogens is 1. The van der Waals surface area contributed by atoms with Crippen LogP contribution in [0.2, 0.25) is 0 Å². The molecule has 0 aliphatic carbocycles. The zero-order valence-corrected chi connectivity index (χ0v) is 7.72. The molecule has 0 aromatic carbocycles. The molecular weight excluding hydrogens is 176 g/mol. The number of primary amides is 1. The van der Waals surface area contributed by atoms with Crippen LogP contribution in [0.25, 0.3) is 0 Å². The molecule has 0 fully saturated rings. The van der Waals surface area contributed by atoms with Crippen LogP contribution in [0.15, 0.2) is 5.38 Å². The monoisotopic (exact) mass is 186 g/mol. The second-order valence-corrected chi connectivity index (χ2v) is 3.20. The molecule has 66 valence electrons. The summed E-state index contributed by atoms with van der Waals surface area (Å²) in [5.74, 6) is -0.499. The average Bonchev–Trinajstić information content (AvgIpc) is 2.51. The molecule has 0 saturated carbocycles. The lowest BCUT2D eigenvalue weighted by Crippen LogP contribution is -2.11. The number of carbonyl (C=O) groups excluding carboxylic acids is 1. The Balaban J connectivity index is 2.84. The molecule has 0 spiro atoms. The lowest BCUT2D eigenvalue weighted by Gasteiger charge is -2.02. The Hall–Kier alpha value is -0.940. The Kier molecular flexibility index (Phi) is 2.78. The summed E-state index contributed by atoms with van der Waals surface area (Å²) >= 11 is 1.37. The van der Waals surface area contributed by atoms with Crippen LogP contribution in [0, 0.1) is 0 Å². The summed E-state index contributed by atoms with van der Waals surface area (Å²) in [6.45, 7) is 1.86. The number of nitrogens with two attached hydrogens (primary N) is 1. The first-order valence-corrected chi connectivity index (χ1v) is 4.31. The molecule has 12 heavy (non-hydrogen) atoms. The van der Waals surface area contributed by atoms with Gasteiger partial charge in [-0.25, -0.2) is 4.98 Å². The van der Waals surface area contributed by atoms with Crippen molar-refractivity contribution in [3.05, 3.63) is 16.1 Å². The highest BCUT2D eigenvalue weighted by Gasteiger charge is 2.11. The van der Waals surface area contributed by atoms with Crippen LogP contribution >= 0.6 is 11.3 Å². The molecule has 0 saturated heterocycles.